The summed E-state index contributed by atoms with van der Waals surface area (Å²) in [7, 11) is 0. The van der Waals surface area contributed by atoms with E-state index in [-0.39, 0.29) is 18.0 Å². The molecule has 1 aliphatic carbocycles. The summed E-state index contributed by atoms with van der Waals surface area (Å²) < 4.78 is 2.06. The van der Waals surface area contributed by atoms with Crippen LogP contribution in [0.1, 0.15) is 43.0 Å². The number of non-ortho nitro benzene ring substituents is 1. The Balaban J connectivity index is 1.44. The van der Waals surface area contributed by atoms with Crippen molar-refractivity contribution in [2.75, 3.05) is 0 Å². The molecule has 8 heteroatoms. The minimum atomic E-state index is -0.455. The van der Waals surface area contributed by atoms with Gasteiger partial charge >= 0.3 is 0 Å². The number of benzene rings is 1. The number of nitro benzene ring substituents is 1. The summed E-state index contributed by atoms with van der Waals surface area (Å²) in [6.45, 7) is 0.325. The van der Waals surface area contributed by atoms with Crippen LogP contribution >= 0.6 is 0 Å². The van der Waals surface area contributed by atoms with E-state index in [1.807, 2.05) is 24.3 Å². The van der Waals surface area contributed by atoms with Gasteiger partial charge in [-0.2, -0.15) is 5.10 Å². The average Bonchev–Trinajstić information content (AvgIpc) is 3.43. The summed E-state index contributed by atoms with van der Waals surface area (Å²) in [5.74, 6) is -0.154. The van der Waals surface area contributed by atoms with Gasteiger partial charge < -0.3 is 5.32 Å². The fraction of sp³-hybridized carbons (Fsp3) is 0.318. The molecule has 2 aromatic heterocycles. The van der Waals surface area contributed by atoms with Crippen LogP contribution in [-0.2, 0) is 17.8 Å². The maximum absolute atomic E-state index is 12.3. The van der Waals surface area contributed by atoms with Gasteiger partial charge in [0.1, 0.15) is 0 Å². The third-order valence-corrected chi connectivity index (χ3v) is 5.36. The van der Waals surface area contributed by atoms with E-state index in [1.54, 1.807) is 18.3 Å². The van der Waals surface area contributed by atoms with Crippen LogP contribution in [0.4, 0.5) is 5.69 Å². The van der Waals surface area contributed by atoms with E-state index in [0.29, 0.717) is 12.6 Å². The molecule has 2 heterocycles. The zero-order chi connectivity index (χ0) is 20.9. The van der Waals surface area contributed by atoms with Crippen LogP contribution in [-0.4, -0.2) is 25.6 Å². The van der Waals surface area contributed by atoms with Crippen molar-refractivity contribution in [3.8, 4) is 11.4 Å². The van der Waals surface area contributed by atoms with Crippen LogP contribution in [0.3, 0.4) is 0 Å². The minimum Gasteiger partial charge on any atom is -0.350 e. The van der Waals surface area contributed by atoms with Crippen LogP contribution in [0.2, 0.25) is 0 Å². The standard InChI is InChI=1S/C22H23N5O3/c28-22(13-16-8-10-19(11-9-16)27(29)30)24-15-17-14-21(20-7-3-4-12-23-20)26(25-17)18-5-1-2-6-18/h3-4,7-12,14,18H,1-2,5-6,13,15H2,(H,24,28). The number of nitrogens with one attached hydrogen (secondary N) is 1. The lowest BCUT2D eigenvalue weighted by atomic mass is 10.1. The first-order chi connectivity index (χ1) is 14.6. The molecule has 1 aromatic carbocycles. The number of nitro groups is 1. The number of carbonyl (C=O) groups excluding carboxylic acids is 1. The molecule has 0 unspecified atom stereocenters. The van der Waals surface area contributed by atoms with E-state index >= 15 is 0 Å². The van der Waals surface area contributed by atoms with Crippen LogP contribution in [0, 0.1) is 10.1 Å². The summed E-state index contributed by atoms with van der Waals surface area (Å²) >= 11 is 0. The molecule has 4 rings (SSSR count). The lowest BCUT2D eigenvalue weighted by Gasteiger charge is -2.13. The van der Waals surface area contributed by atoms with Crippen LogP contribution in [0.15, 0.2) is 54.7 Å². The zero-order valence-corrected chi connectivity index (χ0v) is 16.5. The molecule has 1 fully saturated rings. The molecule has 1 aliphatic rings. The van der Waals surface area contributed by atoms with Gasteiger partial charge in [-0.25, -0.2) is 0 Å². The number of nitrogens with zero attached hydrogens (tertiary/aromatic N) is 4. The molecule has 30 heavy (non-hydrogen) atoms. The van der Waals surface area contributed by atoms with Crippen molar-refractivity contribution in [2.45, 2.75) is 44.7 Å². The highest BCUT2D eigenvalue weighted by molar-refractivity contribution is 5.78. The summed E-state index contributed by atoms with van der Waals surface area (Å²) in [5, 5.41) is 18.4. The minimum absolute atomic E-state index is 0.0126. The number of amides is 1. The molecular formula is C22H23N5O3. The van der Waals surface area contributed by atoms with Crippen molar-refractivity contribution in [3.63, 3.8) is 0 Å². The molecule has 1 amide bonds. The van der Waals surface area contributed by atoms with Crippen molar-refractivity contribution in [3.05, 3.63) is 76.1 Å². The second-order valence-electron chi connectivity index (χ2n) is 7.50. The van der Waals surface area contributed by atoms with Crippen LogP contribution in [0.25, 0.3) is 11.4 Å². The van der Waals surface area contributed by atoms with Crippen molar-refractivity contribution >= 4 is 11.6 Å². The van der Waals surface area contributed by atoms with E-state index in [2.05, 4.69) is 15.0 Å². The maximum Gasteiger partial charge on any atom is 0.269 e. The normalized spacial score (nSPS) is 14.0. The summed E-state index contributed by atoms with van der Waals surface area (Å²) in [5.41, 5.74) is 3.38. The van der Waals surface area contributed by atoms with Gasteiger partial charge in [0, 0.05) is 18.3 Å². The molecule has 1 saturated carbocycles. The van der Waals surface area contributed by atoms with Crippen molar-refractivity contribution in [1.29, 1.82) is 0 Å². The molecule has 8 nitrogen and oxygen atoms in total. The van der Waals surface area contributed by atoms with Gasteiger partial charge in [0.05, 0.1) is 41.0 Å². The third-order valence-electron chi connectivity index (χ3n) is 5.36. The third kappa shape index (κ3) is 4.53. The van der Waals surface area contributed by atoms with E-state index in [4.69, 9.17) is 5.10 Å². The highest BCUT2D eigenvalue weighted by Crippen LogP contribution is 2.33. The van der Waals surface area contributed by atoms with Crippen molar-refractivity contribution < 1.29 is 9.72 Å². The summed E-state index contributed by atoms with van der Waals surface area (Å²) in [6.07, 6.45) is 6.54. The van der Waals surface area contributed by atoms with Crippen LogP contribution < -0.4 is 5.32 Å². The number of rotatable bonds is 7. The van der Waals surface area contributed by atoms with Gasteiger partial charge in [0.25, 0.3) is 5.69 Å². The molecule has 0 atom stereocenters. The van der Waals surface area contributed by atoms with Crippen molar-refractivity contribution in [2.24, 2.45) is 0 Å². The Kier molecular flexibility index (Phi) is 5.83. The topological polar surface area (TPSA) is 103 Å². The Bertz CT molecular complexity index is 1020. The van der Waals surface area contributed by atoms with Gasteiger partial charge in [-0.3, -0.25) is 24.6 Å². The highest BCUT2D eigenvalue weighted by Gasteiger charge is 2.22. The molecule has 0 radical (unpaired) electrons. The quantitative estimate of drug-likeness (QED) is 0.475. The number of hydrogen-bond acceptors (Lipinski definition) is 5. The van der Waals surface area contributed by atoms with E-state index in [1.165, 1.54) is 25.0 Å². The lowest BCUT2D eigenvalue weighted by Crippen LogP contribution is -2.24. The second kappa shape index (κ2) is 8.86. The molecule has 1 N–H and O–H groups in total. The molecule has 3 aromatic rings. The smallest absolute Gasteiger partial charge is 0.269 e. The number of hydrogen-bond donors (Lipinski definition) is 1. The Morgan fingerprint density at radius 1 is 1.17 bits per heavy atom. The number of carbonyl (C=O) groups is 1. The van der Waals surface area contributed by atoms with E-state index < -0.39 is 4.92 Å². The zero-order valence-electron chi connectivity index (χ0n) is 16.5. The summed E-state index contributed by atoms with van der Waals surface area (Å²) in [4.78, 5) is 27.1. The monoisotopic (exact) mass is 405 g/mol. The molecule has 0 spiro atoms. The number of pyridine rings is 1. The van der Waals surface area contributed by atoms with Gasteiger partial charge in [0.15, 0.2) is 0 Å². The maximum atomic E-state index is 12.3. The summed E-state index contributed by atoms with van der Waals surface area (Å²) in [6, 6.07) is 14.2. The van der Waals surface area contributed by atoms with Gasteiger partial charge in [-0.05, 0) is 36.6 Å². The Morgan fingerprint density at radius 3 is 2.60 bits per heavy atom. The van der Waals surface area contributed by atoms with Crippen LogP contribution in [0.5, 0.6) is 0 Å². The van der Waals surface area contributed by atoms with Gasteiger partial charge in [-0.15, -0.1) is 0 Å². The van der Waals surface area contributed by atoms with E-state index in [9.17, 15) is 14.9 Å². The Labute approximate surface area is 174 Å². The molecule has 154 valence electrons. The first kappa shape index (κ1) is 19.8. The Hall–Kier alpha value is -3.55. The largest absolute Gasteiger partial charge is 0.350 e. The van der Waals surface area contributed by atoms with Gasteiger partial charge in [0.2, 0.25) is 5.91 Å². The number of aromatic nitrogens is 3. The fourth-order valence-electron chi connectivity index (χ4n) is 3.84. The molecule has 0 bridgehead atoms. The first-order valence-corrected chi connectivity index (χ1v) is 10.1. The lowest BCUT2D eigenvalue weighted by molar-refractivity contribution is -0.384. The Morgan fingerprint density at radius 2 is 1.93 bits per heavy atom. The molecule has 0 aliphatic heterocycles. The predicted octanol–water partition coefficient (Wildman–Crippen LogP) is 3.83. The second-order valence-corrected chi connectivity index (χ2v) is 7.50. The van der Waals surface area contributed by atoms with Gasteiger partial charge in [-0.1, -0.05) is 31.0 Å². The molecule has 0 saturated heterocycles. The SMILES string of the molecule is O=C(Cc1ccc([N+](=O)[O-])cc1)NCc1cc(-c2ccccn2)n(C2CCCC2)n1. The fourth-order valence-corrected chi connectivity index (χ4v) is 3.84. The van der Waals surface area contributed by atoms with E-state index in [0.717, 1.165) is 35.5 Å². The van der Waals surface area contributed by atoms with Crippen molar-refractivity contribution in [1.82, 2.24) is 20.1 Å². The first-order valence-electron chi connectivity index (χ1n) is 10.1. The predicted molar refractivity (Wildman–Crippen MR) is 112 cm³/mol. The molecular weight excluding hydrogens is 382 g/mol. The highest BCUT2D eigenvalue weighted by atomic mass is 16.6. The average molecular weight is 405 g/mol.